The normalized spacial score (nSPS) is 23.3. The van der Waals surface area contributed by atoms with Crippen LogP contribution in [0.25, 0.3) is 0 Å². The number of piperidine rings is 1. The van der Waals surface area contributed by atoms with Crippen molar-refractivity contribution >= 4 is 18.3 Å². The third kappa shape index (κ3) is 3.98. The van der Waals surface area contributed by atoms with E-state index in [1.807, 2.05) is 23.1 Å². The first-order chi connectivity index (χ1) is 9.69. The average molecular weight is 311 g/mol. The summed E-state index contributed by atoms with van der Waals surface area (Å²) < 4.78 is 0. The lowest BCUT2D eigenvalue weighted by atomic mass is 9.87. The molecule has 0 radical (unpaired) electrons. The summed E-state index contributed by atoms with van der Waals surface area (Å²) in [5.74, 6) is 0.724. The number of rotatable bonds is 4. The third-order valence-corrected chi connectivity index (χ3v) is 4.55. The van der Waals surface area contributed by atoms with Crippen LogP contribution in [-0.4, -0.2) is 29.9 Å². The quantitative estimate of drug-likeness (QED) is 0.928. The Morgan fingerprint density at radius 3 is 2.62 bits per heavy atom. The highest BCUT2D eigenvalue weighted by Gasteiger charge is 2.34. The van der Waals surface area contributed by atoms with Crippen LogP contribution in [0.5, 0.6) is 0 Å². The maximum atomic E-state index is 12.9. The van der Waals surface area contributed by atoms with Crippen molar-refractivity contribution in [3.05, 3.63) is 35.9 Å². The minimum absolute atomic E-state index is 0. The molecule has 1 saturated heterocycles. The highest BCUT2D eigenvalue weighted by Crippen LogP contribution is 2.28. The van der Waals surface area contributed by atoms with Crippen molar-refractivity contribution in [1.29, 1.82) is 0 Å². The molecule has 1 amide bonds. The molecule has 1 heterocycles. The van der Waals surface area contributed by atoms with Gasteiger partial charge in [-0.15, -0.1) is 12.4 Å². The van der Waals surface area contributed by atoms with Crippen LogP contribution >= 0.6 is 12.4 Å². The van der Waals surface area contributed by atoms with E-state index in [0.29, 0.717) is 12.5 Å². The number of amides is 1. The van der Waals surface area contributed by atoms with E-state index >= 15 is 0 Å². The van der Waals surface area contributed by atoms with Crippen LogP contribution in [0.2, 0.25) is 0 Å². The Morgan fingerprint density at radius 2 is 2.05 bits per heavy atom. The van der Waals surface area contributed by atoms with Gasteiger partial charge in [0, 0.05) is 19.1 Å². The van der Waals surface area contributed by atoms with Crippen LogP contribution in [0.15, 0.2) is 30.3 Å². The molecule has 1 aromatic rings. The molecule has 0 aromatic heterocycles. The second kappa shape index (κ2) is 8.40. The van der Waals surface area contributed by atoms with Crippen molar-refractivity contribution < 1.29 is 4.79 Å². The number of benzene rings is 1. The predicted octanol–water partition coefficient (Wildman–Crippen LogP) is 3.19. The van der Waals surface area contributed by atoms with Crippen LogP contribution in [0.3, 0.4) is 0 Å². The van der Waals surface area contributed by atoms with Gasteiger partial charge in [0.1, 0.15) is 0 Å². The van der Waals surface area contributed by atoms with Crippen LogP contribution in [-0.2, 0) is 4.79 Å². The molecule has 118 valence electrons. The van der Waals surface area contributed by atoms with Crippen molar-refractivity contribution in [2.45, 2.75) is 45.1 Å². The van der Waals surface area contributed by atoms with Crippen molar-refractivity contribution in [1.82, 2.24) is 4.90 Å². The van der Waals surface area contributed by atoms with Crippen molar-refractivity contribution in [3.63, 3.8) is 0 Å². The first-order valence-electron chi connectivity index (χ1n) is 7.74. The molecule has 1 aromatic carbocycles. The number of likely N-dealkylation sites (tertiary alicyclic amines) is 1. The molecule has 0 saturated carbocycles. The Labute approximate surface area is 134 Å². The first-order valence-corrected chi connectivity index (χ1v) is 7.74. The molecule has 2 N–H and O–H groups in total. The lowest BCUT2D eigenvalue weighted by Crippen LogP contribution is -2.52. The van der Waals surface area contributed by atoms with Gasteiger partial charge in [-0.2, -0.15) is 0 Å². The Hall–Kier alpha value is -1.06. The van der Waals surface area contributed by atoms with Gasteiger partial charge in [-0.25, -0.2) is 0 Å². The number of carbonyl (C=O) groups excluding carboxylic acids is 1. The van der Waals surface area contributed by atoms with Gasteiger partial charge >= 0.3 is 0 Å². The van der Waals surface area contributed by atoms with E-state index in [0.717, 1.165) is 24.9 Å². The Balaban J connectivity index is 0.00000220. The summed E-state index contributed by atoms with van der Waals surface area (Å²) in [7, 11) is 0. The first kappa shape index (κ1) is 18.0. The van der Waals surface area contributed by atoms with Gasteiger partial charge in [-0.3, -0.25) is 4.79 Å². The van der Waals surface area contributed by atoms with Gasteiger partial charge in [0.15, 0.2) is 0 Å². The fraction of sp³-hybridized carbons (Fsp3) is 0.588. The molecule has 2 rings (SSSR count). The van der Waals surface area contributed by atoms with Crippen LogP contribution in [0.4, 0.5) is 0 Å². The van der Waals surface area contributed by atoms with Gasteiger partial charge < -0.3 is 10.6 Å². The van der Waals surface area contributed by atoms with E-state index in [1.165, 1.54) is 6.42 Å². The Bertz CT molecular complexity index is 438. The molecule has 0 bridgehead atoms. The van der Waals surface area contributed by atoms with Crippen molar-refractivity contribution in [2.75, 3.05) is 13.1 Å². The number of halogens is 1. The SMILES string of the molecule is CCC(C(=O)N1CCCC(C)C1CN)c1ccccc1.Cl. The number of nitrogens with two attached hydrogens (primary N) is 1. The van der Waals surface area contributed by atoms with E-state index in [1.54, 1.807) is 0 Å². The number of carbonyl (C=O) groups is 1. The van der Waals surface area contributed by atoms with Crippen molar-refractivity contribution in [2.24, 2.45) is 11.7 Å². The van der Waals surface area contributed by atoms with Crippen LogP contribution < -0.4 is 5.73 Å². The summed E-state index contributed by atoms with van der Waals surface area (Å²) >= 11 is 0. The average Bonchev–Trinajstić information content (AvgIpc) is 2.48. The molecule has 1 fully saturated rings. The Kier molecular flexibility index (Phi) is 7.20. The molecular weight excluding hydrogens is 284 g/mol. The molecule has 3 unspecified atom stereocenters. The van der Waals surface area contributed by atoms with Crippen molar-refractivity contribution in [3.8, 4) is 0 Å². The highest BCUT2D eigenvalue weighted by molar-refractivity contribution is 5.85. The zero-order valence-corrected chi connectivity index (χ0v) is 13.8. The van der Waals surface area contributed by atoms with E-state index in [9.17, 15) is 4.79 Å². The number of hydrogen-bond acceptors (Lipinski definition) is 2. The summed E-state index contributed by atoms with van der Waals surface area (Å²) in [5.41, 5.74) is 7.03. The smallest absolute Gasteiger partial charge is 0.230 e. The van der Waals surface area contributed by atoms with Gasteiger partial charge in [0.2, 0.25) is 5.91 Å². The summed E-state index contributed by atoms with van der Waals surface area (Å²) in [4.78, 5) is 15.0. The summed E-state index contributed by atoms with van der Waals surface area (Å²) in [5, 5.41) is 0. The number of nitrogens with zero attached hydrogens (tertiary/aromatic N) is 1. The highest BCUT2D eigenvalue weighted by atomic mass is 35.5. The van der Waals surface area contributed by atoms with Gasteiger partial charge in [0.25, 0.3) is 0 Å². The van der Waals surface area contributed by atoms with Gasteiger partial charge in [-0.05, 0) is 30.7 Å². The maximum absolute atomic E-state index is 12.9. The molecule has 4 heteroatoms. The lowest BCUT2D eigenvalue weighted by molar-refractivity contribution is -0.137. The van der Waals surface area contributed by atoms with E-state index in [4.69, 9.17) is 5.73 Å². The molecule has 1 aliphatic rings. The van der Waals surface area contributed by atoms with E-state index in [-0.39, 0.29) is 30.3 Å². The maximum Gasteiger partial charge on any atom is 0.230 e. The molecule has 3 nitrogen and oxygen atoms in total. The number of hydrogen-bond donors (Lipinski definition) is 1. The molecule has 21 heavy (non-hydrogen) atoms. The third-order valence-electron chi connectivity index (χ3n) is 4.55. The predicted molar refractivity (Wildman–Crippen MR) is 89.7 cm³/mol. The Morgan fingerprint density at radius 1 is 1.38 bits per heavy atom. The standard InChI is InChI=1S/C17H26N2O.ClH/c1-3-15(14-9-5-4-6-10-14)17(20)19-11-7-8-13(2)16(19)12-18;/h4-6,9-10,13,15-16H,3,7-8,11-12,18H2,1-2H3;1H. The second-order valence-corrected chi connectivity index (χ2v) is 5.83. The van der Waals surface area contributed by atoms with Gasteiger partial charge in [0.05, 0.1) is 5.92 Å². The fourth-order valence-corrected chi connectivity index (χ4v) is 3.32. The zero-order valence-electron chi connectivity index (χ0n) is 13.0. The van der Waals surface area contributed by atoms with Crippen LogP contribution in [0.1, 0.15) is 44.6 Å². The molecule has 0 aliphatic carbocycles. The summed E-state index contributed by atoms with van der Waals surface area (Å²) in [6.45, 7) is 5.72. The van der Waals surface area contributed by atoms with Gasteiger partial charge in [-0.1, -0.05) is 44.2 Å². The second-order valence-electron chi connectivity index (χ2n) is 5.83. The molecule has 1 aliphatic heterocycles. The van der Waals surface area contributed by atoms with Crippen LogP contribution in [0, 0.1) is 5.92 Å². The topological polar surface area (TPSA) is 46.3 Å². The molecule has 3 atom stereocenters. The van der Waals surface area contributed by atoms with E-state index < -0.39 is 0 Å². The fourth-order valence-electron chi connectivity index (χ4n) is 3.32. The van der Waals surface area contributed by atoms with E-state index in [2.05, 4.69) is 26.0 Å². The zero-order chi connectivity index (χ0) is 14.5. The summed E-state index contributed by atoms with van der Waals surface area (Å²) in [6, 6.07) is 10.3. The monoisotopic (exact) mass is 310 g/mol. The lowest BCUT2D eigenvalue weighted by Gasteiger charge is -2.41. The minimum Gasteiger partial charge on any atom is -0.338 e. The molecule has 0 spiro atoms. The summed E-state index contributed by atoms with van der Waals surface area (Å²) in [6.07, 6.45) is 3.10. The molecular formula is C17H27ClN2O. The largest absolute Gasteiger partial charge is 0.338 e. The minimum atomic E-state index is -0.0319.